The van der Waals surface area contributed by atoms with Gasteiger partial charge < -0.3 is 10.1 Å². The summed E-state index contributed by atoms with van der Waals surface area (Å²) >= 11 is 1.47. The molecule has 3 aromatic heterocycles. The summed E-state index contributed by atoms with van der Waals surface area (Å²) in [5.41, 5.74) is 2.04. The van der Waals surface area contributed by atoms with E-state index in [1.54, 1.807) is 35.4 Å². The van der Waals surface area contributed by atoms with Crippen LogP contribution in [0, 0.1) is 6.92 Å². The van der Waals surface area contributed by atoms with Crippen LogP contribution in [-0.2, 0) is 10.7 Å². The highest BCUT2D eigenvalue weighted by Gasteiger charge is 2.30. The summed E-state index contributed by atoms with van der Waals surface area (Å²) in [4.78, 5) is 40.4. The number of halogens is 2. The van der Waals surface area contributed by atoms with Gasteiger partial charge in [0.1, 0.15) is 17.3 Å². The van der Waals surface area contributed by atoms with Gasteiger partial charge in [0.05, 0.1) is 28.6 Å². The molecule has 4 heterocycles. The van der Waals surface area contributed by atoms with Gasteiger partial charge in [-0.1, -0.05) is 29.5 Å². The highest BCUT2D eigenvalue weighted by molar-refractivity contribution is 7.19. The fourth-order valence-electron chi connectivity index (χ4n) is 4.71. The maximum absolute atomic E-state index is 14.1. The number of urea groups is 1. The minimum atomic E-state index is -3.20. The first-order chi connectivity index (χ1) is 21.6. The molecule has 1 fully saturated rings. The zero-order valence-corrected chi connectivity index (χ0v) is 25.1. The molecule has 14 heteroatoms. The van der Waals surface area contributed by atoms with Gasteiger partial charge in [-0.3, -0.25) is 15.0 Å². The summed E-state index contributed by atoms with van der Waals surface area (Å²) in [7, 11) is 0. The van der Waals surface area contributed by atoms with E-state index in [0.29, 0.717) is 29.5 Å². The fraction of sp³-hybridized carbons (Fsp3) is 0.226. The minimum absolute atomic E-state index is 0.0600. The number of hydrogen-bond acceptors (Lipinski definition) is 8. The van der Waals surface area contributed by atoms with Crippen molar-refractivity contribution < 1.29 is 23.1 Å². The molecule has 0 bridgehead atoms. The first-order valence-electron chi connectivity index (χ1n) is 14.1. The normalized spacial score (nSPS) is 13.5. The summed E-state index contributed by atoms with van der Waals surface area (Å²) in [6.07, 6.45) is 6.93. The van der Waals surface area contributed by atoms with E-state index in [-0.39, 0.29) is 23.4 Å². The number of nitrogens with one attached hydrogen (secondary N) is 2. The number of thiazole rings is 1. The van der Waals surface area contributed by atoms with Gasteiger partial charge in [-0.2, -0.15) is 13.9 Å². The number of alkyl halides is 2. The number of hydrogen-bond donors (Lipinski definition) is 2. The van der Waals surface area contributed by atoms with E-state index in [4.69, 9.17) is 4.74 Å². The minimum Gasteiger partial charge on any atom is -0.424 e. The Kier molecular flexibility index (Phi) is 8.22. The Morgan fingerprint density at radius 2 is 1.76 bits per heavy atom. The van der Waals surface area contributed by atoms with E-state index in [1.165, 1.54) is 28.4 Å². The zero-order valence-electron chi connectivity index (χ0n) is 24.3. The average Bonchev–Trinajstić information content (AvgIpc) is 3.67. The standard InChI is InChI=1S/C31H28F2N8O3S/c1-19-7-3-4-8-23(19)41-26(15-25(39-41)31(2,32)33)38-28(43)37-21-16-34-29(35-17-21)44-22-12-10-20(11-13-22)24-18-36-30(45-24)40-14-6-5-9-27(40)42/h3-4,7-8,10-13,15-18H,5-6,9,14H2,1-2H3,(H2,37,38,43). The number of amides is 3. The molecule has 0 atom stereocenters. The van der Waals surface area contributed by atoms with E-state index in [9.17, 15) is 18.4 Å². The van der Waals surface area contributed by atoms with Gasteiger partial charge in [-0.15, -0.1) is 0 Å². The molecule has 0 aliphatic carbocycles. The molecule has 1 aliphatic rings. The molecule has 2 aromatic carbocycles. The Labute approximate surface area is 260 Å². The number of ether oxygens (including phenoxy) is 1. The molecule has 5 aromatic rings. The van der Waals surface area contributed by atoms with Crippen LogP contribution in [0.5, 0.6) is 11.8 Å². The molecule has 1 saturated heterocycles. The third kappa shape index (κ3) is 6.80. The van der Waals surface area contributed by atoms with Crippen molar-refractivity contribution in [2.75, 3.05) is 22.1 Å². The van der Waals surface area contributed by atoms with E-state index in [1.807, 2.05) is 31.2 Å². The number of nitrogens with zero attached hydrogens (tertiary/aromatic N) is 6. The van der Waals surface area contributed by atoms with E-state index in [0.717, 1.165) is 41.8 Å². The second-order valence-electron chi connectivity index (χ2n) is 10.5. The number of carbonyl (C=O) groups excluding carboxylic acids is 2. The third-order valence-electron chi connectivity index (χ3n) is 7.03. The maximum atomic E-state index is 14.1. The molecule has 3 amide bonds. The Morgan fingerprint density at radius 1 is 1.00 bits per heavy atom. The lowest BCUT2D eigenvalue weighted by Crippen LogP contribution is -2.34. The van der Waals surface area contributed by atoms with Gasteiger partial charge in [-0.25, -0.2) is 24.4 Å². The van der Waals surface area contributed by atoms with Crippen molar-refractivity contribution >= 4 is 39.9 Å². The van der Waals surface area contributed by atoms with Crippen molar-refractivity contribution in [2.45, 2.75) is 39.0 Å². The van der Waals surface area contributed by atoms with Gasteiger partial charge in [0, 0.05) is 32.2 Å². The molecular formula is C31H28F2N8O3S. The Balaban J connectivity index is 1.08. The molecular weight excluding hydrogens is 602 g/mol. The van der Waals surface area contributed by atoms with Crippen molar-refractivity contribution in [1.82, 2.24) is 24.7 Å². The predicted octanol–water partition coefficient (Wildman–Crippen LogP) is 7.16. The number of para-hydroxylation sites is 1. The highest BCUT2D eigenvalue weighted by Crippen LogP contribution is 2.34. The predicted molar refractivity (Wildman–Crippen MR) is 166 cm³/mol. The summed E-state index contributed by atoms with van der Waals surface area (Å²) in [5.74, 6) is -2.53. The summed E-state index contributed by atoms with van der Waals surface area (Å²) in [6.45, 7) is 3.25. The number of anilines is 3. The van der Waals surface area contributed by atoms with Gasteiger partial charge in [-0.05, 0) is 61.2 Å². The highest BCUT2D eigenvalue weighted by atomic mass is 32.1. The summed E-state index contributed by atoms with van der Waals surface area (Å²) in [5, 5.41) is 9.91. The molecule has 0 radical (unpaired) electrons. The first-order valence-corrected chi connectivity index (χ1v) is 14.9. The van der Waals surface area contributed by atoms with E-state index >= 15 is 0 Å². The zero-order chi connectivity index (χ0) is 31.6. The van der Waals surface area contributed by atoms with Crippen LogP contribution in [-0.4, -0.2) is 43.2 Å². The fourth-order valence-corrected chi connectivity index (χ4v) is 5.67. The Bertz CT molecular complexity index is 1830. The van der Waals surface area contributed by atoms with Gasteiger partial charge in [0.2, 0.25) is 5.91 Å². The molecule has 0 saturated carbocycles. The van der Waals surface area contributed by atoms with Crippen LogP contribution in [0.15, 0.2) is 73.2 Å². The Morgan fingerprint density at radius 3 is 2.47 bits per heavy atom. The van der Waals surface area contributed by atoms with Crippen molar-refractivity contribution in [3.63, 3.8) is 0 Å². The second-order valence-corrected chi connectivity index (χ2v) is 11.5. The van der Waals surface area contributed by atoms with Crippen molar-refractivity contribution in [3.8, 4) is 27.9 Å². The van der Waals surface area contributed by atoms with Gasteiger partial charge in [0.15, 0.2) is 5.13 Å². The van der Waals surface area contributed by atoms with Crippen LogP contribution in [0.2, 0.25) is 0 Å². The first kappa shape index (κ1) is 29.8. The van der Waals surface area contributed by atoms with Gasteiger partial charge >= 0.3 is 12.0 Å². The molecule has 0 spiro atoms. The van der Waals surface area contributed by atoms with Crippen LogP contribution < -0.4 is 20.3 Å². The lowest BCUT2D eigenvalue weighted by molar-refractivity contribution is -0.119. The smallest absolute Gasteiger partial charge is 0.324 e. The van der Waals surface area contributed by atoms with Crippen LogP contribution in [0.3, 0.4) is 0 Å². The second kappa shape index (κ2) is 12.4. The molecule has 2 N–H and O–H groups in total. The monoisotopic (exact) mass is 630 g/mol. The van der Waals surface area contributed by atoms with Crippen LogP contribution in [0.25, 0.3) is 16.1 Å². The van der Waals surface area contributed by atoms with Crippen molar-refractivity contribution in [3.05, 3.63) is 84.4 Å². The quantitative estimate of drug-likeness (QED) is 0.186. The van der Waals surface area contributed by atoms with Crippen LogP contribution in [0.1, 0.15) is 37.4 Å². The van der Waals surface area contributed by atoms with Gasteiger partial charge in [0.25, 0.3) is 5.92 Å². The van der Waals surface area contributed by atoms with Crippen LogP contribution in [0.4, 0.5) is 30.2 Å². The number of rotatable bonds is 8. The number of piperidine rings is 1. The summed E-state index contributed by atoms with van der Waals surface area (Å²) < 4.78 is 35.2. The molecule has 230 valence electrons. The van der Waals surface area contributed by atoms with Crippen molar-refractivity contribution in [1.29, 1.82) is 0 Å². The molecule has 0 unspecified atom stereocenters. The average molecular weight is 631 g/mol. The SMILES string of the molecule is Cc1ccccc1-n1nc(C(C)(F)F)cc1NC(=O)Nc1cnc(Oc2ccc(-c3cnc(N4CCCCC4=O)s3)cc2)nc1. The Hall–Kier alpha value is -5.24. The topological polar surface area (TPSA) is 127 Å². The molecule has 11 nitrogen and oxygen atoms in total. The third-order valence-corrected chi connectivity index (χ3v) is 8.10. The molecule has 45 heavy (non-hydrogen) atoms. The lowest BCUT2D eigenvalue weighted by atomic mass is 10.1. The van der Waals surface area contributed by atoms with Crippen molar-refractivity contribution in [2.24, 2.45) is 0 Å². The largest absolute Gasteiger partial charge is 0.424 e. The van der Waals surface area contributed by atoms with E-state index < -0.39 is 17.6 Å². The number of aryl methyl sites for hydroxylation is 1. The summed E-state index contributed by atoms with van der Waals surface area (Å²) in [6, 6.07) is 14.9. The van der Waals surface area contributed by atoms with Crippen LogP contribution >= 0.6 is 11.3 Å². The van der Waals surface area contributed by atoms with E-state index in [2.05, 4.69) is 30.7 Å². The molecule has 1 aliphatic heterocycles. The number of carbonyl (C=O) groups is 2. The maximum Gasteiger partial charge on any atom is 0.324 e. The number of aromatic nitrogens is 5. The lowest BCUT2D eigenvalue weighted by Gasteiger charge is -2.23. The molecule has 6 rings (SSSR count). The number of benzene rings is 2.